The van der Waals surface area contributed by atoms with Crippen molar-refractivity contribution in [2.75, 3.05) is 13.1 Å². The number of hydrogen-bond acceptors (Lipinski definition) is 3. The van der Waals surface area contributed by atoms with Gasteiger partial charge in [-0.05, 0) is 31.7 Å². The Morgan fingerprint density at radius 2 is 1.61 bits per heavy atom. The summed E-state index contributed by atoms with van der Waals surface area (Å²) in [5.74, 6) is 0.823. The summed E-state index contributed by atoms with van der Waals surface area (Å²) in [6.45, 7) is 12.1. The summed E-state index contributed by atoms with van der Waals surface area (Å²) in [6.07, 6.45) is -0.434. The van der Waals surface area contributed by atoms with E-state index in [1.807, 2.05) is 48.5 Å². The molecule has 194 valence electrons. The van der Waals surface area contributed by atoms with Crippen LogP contribution >= 0.6 is 0 Å². The van der Waals surface area contributed by atoms with Crippen LogP contribution in [0.2, 0.25) is 0 Å². The third-order valence-corrected chi connectivity index (χ3v) is 6.16. The number of imidazole rings is 1. The maximum absolute atomic E-state index is 15.1. The largest absolute Gasteiger partial charge is 0.465 e. The van der Waals surface area contributed by atoms with Crippen molar-refractivity contribution in [2.45, 2.75) is 65.8 Å². The molecule has 2 atom stereocenters. The van der Waals surface area contributed by atoms with Gasteiger partial charge in [0.1, 0.15) is 12.0 Å². The fourth-order valence-electron chi connectivity index (χ4n) is 4.25. The summed E-state index contributed by atoms with van der Waals surface area (Å²) < 4.78 is 17.3. The maximum Gasteiger partial charge on any atom is 0.407 e. The molecule has 1 aromatic heterocycles. The lowest BCUT2D eigenvalue weighted by Crippen LogP contribution is -2.50. The molecule has 2 N–H and O–H groups in total. The highest BCUT2D eigenvalue weighted by Gasteiger charge is 2.33. The Morgan fingerprint density at radius 1 is 1.03 bits per heavy atom. The van der Waals surface area contributed by atoms with Crippen molar-refractivity contribution < 1.29 is 14.3 Å². The molecule has 0 aliphatic rings. The van der Waals surface area contributed by atoms with E-state index in [1.54, 1.807) is 20.8 Å². The number of carboxylic acid groups (broad SMARTS) is 1. The van der Waals surface area contributed by atoms with Gasteiger partial charge in [-0.2, -0.15) is 0 Å². The predicted molar refractivity (Wildman–Crippen MR) is 143 cm³/mol. The van der Waals surface area contributed by atoms with Crippen LogP contribution < -0.4 is 5.32 Å². The van der Waals surface area contributed by atoms with Gasteiger partial charge in [0.05, 0.1) is 18.3 Å². The number of aromatic nitrogens is 2. The van der Waals surface area contributed by atoms with Crippen molar-refractivity contribution in [1.82, 2.24) is 19.8 Å². The van der Waals surface area contributed by atoms with E-state index in [2.05, 4.69) is 49.0 Å². The molecule has 0 aliphatic carbocycles. The van der Waals surface area contributed by atoms with E-state index in [1.165, 1.54) is 0 Å². The normalized spacial score (nSPS) is 13.9. The lowest BCUT2D eigenvalue weighted by molar-refractivity contribution is 0.0787. The Kier molecular flexibility index (Phi) is 8.56. The summed E-state index contributed by atoms with van der Waals surface area (Å²) in [7, 11) is 0. The predicted octanol–water partition coefficient (Wildman–Crippen LogP) is 6.39. The van der Waals surface area contributed by atoms with Gasteiger partial charge in [-0.3, -0.25) is 0 Å². The molecule has 0 saturated carbocycles. The zero-order valence-corrected chi connectivity index (χ0v) is 22.2. The minimum absolute atomic E-state index is 0.0145. The molecule has 0 saturated heterocycles. The highest BCUT2D eigenvalue weighted by molar-refractivity contribution is 5.66. The number of nitrogens with zero attached hydrogens (tertiary/aromatic N) is 3. The number of benzene rings is 2. The Hall–Kier alpha value is -3.19. The van der Waals surface area contributed by atoms with Gasteiger partial charge in [-0.15, -0.1) is 0 Å². The van der Waals surface area contributed by atoms with Gasteiger partial charge < -0.3 is 19.9 Å². The number of halogens is 1. The summed E-state index contributed by atoms with van der Waals surface area (Å²) in [6, 6.07) is 19.9. The number of alkyl halides is 1. The molecular weight excluding hydrogens is 455 g/mol. The van der Waals surface area contributed by atoms with Crippen LogP contribution in [-0.4, -0.2) is 50.5 Å². The average Bonchev–Trinajstić information content (AvgIpc) is 3.20. The second-order valence-corrected chi connectivity index (χ2v) is 11.3. The Morgan fingerprint density at radius 3 is 2.14 bits per heavy atom. The molecule has 36 heavy (non-hydrogen) atoms. The first-order chi connectivity index (χ1) is 16.9. The van der Waals surface area contributed by atoms with Crippen molar-refractivity contribution in [1.29, 1.82) is 0 Å². The molecule has 2 aromatic carbocycles. The first-order valence-corrected chi connectivity index (χ1v) is 12.4. The van der Waals surface area contributed by atoms with Gasteiger partial charge in [0.15, 0.2) is 0 Å². The summed E-state index contributed by atoms with van der Waals surface area (Å²) >= 11 is 0. The molecule has 0 bridgehead atoms. The SMILES string of the molecule is CC(C)(C)[C@@H](NCC(F)CN(C(=O)O)C(C)(C)C)c1nc(-c2ccccc2)cn1Cc1ccccc1. The molecule has 3 rings (SSSR count). The minimum Gasteiger partial charge on any atom is -0.465 e. The summed E-state index contributed by atoms with van der Waals surface area (Å²) in [5, 5.41) is 12.9. The number of amides is 1. The van der Waals surface area contributed by atoms with E-state index >= 15 is 4.39 Å². The third-order valence-electron chi connectivity index (χ3n) is 6.16. The Labute approximate surface area is 214 Å². The lowest BCUT2D eigenvalue weighted by atomic mass is 9.86. The Balaban J connectivity index is 1.91. The highest BCUT2D eigenvalue weighted by atomic mass is 19.1. The molecule has 3 aromatic rings. The molecule has 1 unspecified atom stereocenters. The van der Waals surface area contributed by atoms with Gasteiger partial charge in [-0.25, -0.2) is 14.2 Å². The van der Waals surface area contributed by atoms with E-state index in [-0.39, 0.29) is 24.5 Å². The minimum atomic E-state index is -1.36. The van der Waals surface area contributed by atoms with Gasteiger partial charge in [0, 0.05) is 30.4 Å². The molecule has 1 amide bonds. The number of hydrogen-bond donors (Lipinski definition) is 2. The fourth-order valence-corrected chi connectivity index (χ4v) is 4.25. The number of rotatable bonds is 9. The van der Waals surface area contributed by atoms with Crippen molar-refractivity contribution >= 4 is 6.09 Å². The smallest absolute Gasteiger partial charge is 0.407 e. The zero-order chi connectivity index (χ0) is 26.5. The van der Waals surface area contributed by atoms with Crippen molar-refractivity contribution in [3.8, 4) is 11.3 Å². The quantitative estimate of drug-likeness (QED) is 0.362. The van der Waals surface area contributed by atoms with Crippen LogP contribution in [0.15, 0.2) is 66.9 Å². The second kappa shape index (κ2) is 11.2. The molecule has 0 aliphatic heterocycles. The van der Waals surface area contributed by atoms with Gasteiger partial charge in [0.2, 0.25) is 0 Å². The van der Waals surface area contributed by atoms with Crippen LogP contribution in [-0.2, 0) is 6.54 Å². The van der Waals surface area contributed by atoms with E-state index in [0.717, 1.165) is 27.5 Å². The molecule has 1 heterocycles. The number of nitrogens with one attached hydrogen (secondary N) is 1. The van der Waals surface area contributed by atoms with E-state index in [9.17, 15) is 9.90 Å². The maximum atomic E-state index is 15.1. The molecule has 0 fully saturated rings. The lowest BCUT2D eigenvalue weighted by Gasteiger charge is -2.35. The van der Waals surface area contributed by atoms with E-state index in [0.29, 0.717) is 6.54 Å². The summed E-state index contributed by atoms with van der Waals surface area (Å²) in [5.41, 5.74) is 2.07. The monoisotopic (exact) mass is 494 g/mol. The van der Waals surface area contributed by atoms with Crippen molar-refractivity contribution in [3.05, 3.63) is 78.2 Å². The van der Waals surface area contributed by atoms with E-state index < -0.39 is 17.8 Å². The van der Waals surface area contributed by atoms with Crippen LogP contribution in [0, 0.1) is 5.41 Å². The van der Waals surface area contributed by atoms with Gasteiger partial charge in [0.25, 0.3) is 0 Å². The van der Waals surface area contributed by atoms with Gasteiger partial charge >= 0.3 is 6.09 Å². The second-order valence-electron chi connectivity index (χ2n) is 11.3. The van der Waals surface area contributed by atoms with Crippen LogP contribution in [0.4, 0.5) is 9.18 Å². The van der Waals surface area contributed by atoms with Crippen LogP contribution in [0.5, 0.6) is 0 Å². The highest BCUT2D eigenvalue weighted by Crippen LogP contribution is 2.34. The fraction of sp³-hybridized carbons (Fsp3) is 0.448. The average molecular weight is 495 g/mol. The molecule has 6 nitrogen and oxygen atoms in total. The molecule has 0 spiro atoms. The van der Waals surface area contributed by atoms with Crippen LogP contribution in [0.3, 0.4) is 0 Å². The Bertz CT molecular complexity index is 1120. The van der Waals surface area contributed by atoms with Crippen LogP contribution in [0.1, 0.15) is 59.0 Å². The van der Waals surface area contributed by atoms with Crippen molar-refractivity contribution in [2.24, 2.45) is 5.41 Å². The zero-order valence-electron chi connectivity index (χ0n) is 22.2. The van der Waals surface area contributed by atoms with Crippen molar-refractivity contribution in [3.63, 3.8) is 0 Å². The first kappa shape index (κ1) is 27.4. The molecule has 0 radical (unpaired) electrons. The van der Waals surface area contributed by atoms with Gasteiger partial charge in [-0.1, -0.05) is 81.4 Å². The van der Waals surface area contributed by atoms with E-state index in [4.69, 9.17) is 4.98 Å². The molecule has 7 heteroatoms. The number of carbonyl (C=O) groups is 1. The standard InChI is InChI=1S/C29H39FN4O2/c1-28(2,3)25(31-17-23(30)19-34(27(35)36)29(4,5)6)26-32-24(22-15-11-8-12-16-22)20-33(26)18-21-13-9-7-10-14-21/h7-16,20,23,25,31H,17-19H2,1-6H3,(H,35,36)/t23?,25-/m0/s1. The first-order valence-electron chi connectivity index (χ1n) is 12.4. The third kappa shape index (κ3) is 7.17. The topological polar surface area (TPSA) is 70.4 Å². The summed E-state index contributed by atoms with van der Waals surface area (Å²) in [4.78, 5) is 17.9. The molecular formula is C29H39FN4O2. The van der Waals surface area contributed by atoms with Crippen LogP contribution in [0.25, 0.3) is 11.3 Å².